The Kier molecular flexibility index (Phi) is 4.58. The average Bonchev–Trinajstić information content (AvgIpc) is 2.81. The van der Waals surface area contributed by atoms with Crippen LogP contribution in [-0.2, 0) is 12.7 Å². The van der Waals surface area contributed by atoms with E-state index in [4.69, 9.17) is 5.73 Å². The summed E-state index contributed by atoms with van der Waals surface area (Å²) in [5.74, 6) is -0.579. The highest BCUT2D eigenvalue weighted by molar-refractivity contribution is 9.10. The highest BCUT2D eigenvalue weighted by Crippen LogP contribution is 2.34. The third-order valence-corrected chi connectivity index (χ3v) is 4.36. The van der Waals surface area contributed by atoms with Gasteiger partial charge in [0.1, 0.15) is 0 Å². The number of anilines is 1. The van der Waals surface area contributed by atoms with Gasteiger partial charge in [0.25, 0.3) is 5.91 Å². The van der Waals surface area contributed by atoms with E-state index in [0.717, 1.165) is 21.5 Å². The predicted octanol–water partition coefficient (Wildman–Crippen LogP) is 4.04. The van der Waals surface area contributed by atoms with E-state index >= 15 is 0 Å². The number of hydrogen-bond acceptors (Lipinski definition) is 3. The van der Waals surface area contributed by atoms with Gasteiger partial charge in [-0.05, 0) is 40.2 Å². The molecule has 0 aliphatic rings. The number of nitrogens with two attached hydrogens (primary N) is 1. The fourth-order valence-corrected chi connectivity index (χ4v) is 3.05. The molecule has 0 aliphatic carbocycles. The SMILES string of the molecule is Nc1ccc(C(=O)NCc2cc(Br)cs2)cc1C(F)(F)F. The lowest BCUT2D eigenvalue weighted by Crippen LogP contribution is -2.23. The number of carbonyl (C=O) groups is 1. The van der Waals surface area contributed by atoms with E-state index in [1.54, 1.807) is 0 Å². The van der Waals surface area contributed by atoms with Crippen molar-refractivity contribution in [2.75, 3.05) is 5.73 Å². The maximum absolute atomic E-state index is 12.7. The monoisotopic (exact) mass is 378 g/mol. The van der Waals surface area contributed by atoms with Gasteiger partial charge in [-0.15, -0.1) is 11.3 Å². The van der Waals surface area contributed by atoms with Crippen molar-refractivity contribution in [1.29, 1.82) is 0 Å². The van der Waals surface area contributed by atoms with Crippen LogP contribution >= 0.6 is 27.3 Å². The Morgan fingerprint density at radius 3 is 2.62 bits per heavy atom. The first-order valence-electron chi connectivity index (χ1n) is 5.75. The van der Waals surface area contributed by atoms with Crippen LogP contribution in [0.3, 0.4) is 0 Å². The second kappa shape index (κ2) is 6.07. The minimum Gasteiger partial charge on any atom is -0.398 e. The first-order valence-corrected chi connectivity index (χ1v) is 7.42. The number of rotatable bonds is 3. The number of nitrogen functional groups attached to an aromatic ring is 1. The van der Waals surface area contributed by atoms with Gasteiger partial charge < -0.3 is 11.1 Å². The molecular weight excluding hydrogens is 369 g/mol. The second-order valence-electron chi connectivity index (χ2n) is 4.21. The highest BCUT2D eigenvalue weighted by Gasteiger charge is 2.33. The Morgan fingerprint density at radius 1 is 1.33 bits per heavy atom. The van der Waals surface area contributed by atoms with Crippen molar-refractivity contribution < 1.29 is 18.0 Å². The molecule has 0 unspecified atom stereocenters. The predicted molar refractivity (Wildman–Crippen MR) is 79.0 cm³/mol. The van der Waals surface area contributed by atoms with Gasteiger partial charge in [-0.25, -0.2) is 0 Å². The smallest absolute Gasteiger partial charge is 0.398 e. The molecule has 0 fully saturated rings. The van der Waals surface area contributed by atoms with Crippen LogP contribution in [-0.4, -0.2) is 5.91 Å². The van der Waals surface area contributed by atoms with Crippen LogP contribution in [0.4, 0.5) is 18.9 Å². The summed E-state index contributed by atoms with van der Waals surface area (Å²) in [6.07, 6.45) is -4.58. The molecule has 1 amide bonds. The second-order valence-corrected chi connectivity index (χ2v) is 6.13. The average molecular weight is 379 g/mol. The maximum atomic E-state index is 12.7. The molecule has 3 nitrogen and oxygen atoms in total. The third-order valence-electron chi connectivity index (χ3n) is 2.67. The van der Waals surface area contributed by atoms with E-state index in [1.807, 2.05) is 11.4 Å². The Hall–Kier alpha value is -1.54. The van der Waals surface area contributed by atoms with E-state index in [-0.39, 0.29) is 12.1 Å². The number of thiophene rings is 1. The Balaban J connectivity index is 2.12. The minimum absolute atomic E-state index is 0.0767. The topological polar surface area (TPSA) is 55.1 Å². The zero-order valence-corrected chi connectivity index (χ0v) is 12.9. The quantitative estimate of drug-likeness (QED) is 0.791. The molecule has 0 saturated carbocycles. The normalized spacial score (nSPS) is 11.4. The van der Waals surface area contributed by atoms with Gasteiger partial charge in [0.15, 0.2) is 0 Å². The molecule has 0 aliphatic heterocycles. The number of alkyl halides is 3. The summed E-state index contributed by atoms with van der Waals surface area (Å²) < 4.78 is 39.1. The van der Waals surface area contributed by atoms with Gasteiger partial charge in [0, 0.05) is 26.0 Å². The lowest BCUT2D eigenvalue weighted by atomic mass is 10.1. The van der Waals surface area contributed by atoms with E-state index in [0.29, 0.717) is 0 Å². The van der Waals surface area contributed by atoms with Crippen LogP contribution in [0, 0.1) is 0 Å². The molecule has 21 heavy (non-hydrogen) atoms. The molecule has 0 bridgehead atoms. The van der Waals surface area contributed by atoms with Crippen LogP contribution in [0.1, 0.15) is 20.8 Å². The summed E-state index contributed by atoms with van der Waals surface area (Å²) in [5.41, 5.74) is 3.80. The van der Waals surface area contributed by atoms with Gasteiger partial charge >= 0.3 is 6.18 Å². The van der Waals surface area contributed by atoms with Crippen molar-refractivity contribution in [1.82, 2.24) is 5.32 Å². The van der Waals surface area contributed by atoms with Gasteiger partial charge in [-0.1, -0.05) is 0 Å². The van der Waals surface area contributed by atoms with Gasteiger partial charge in [0.2, 0.25) is 0 Å². The van der Waals surface area contributed by atoms with Crippen LogP contribution < -0.4 is 11.1 Å². The van der Waals surface area contributed by atoms with Crippen molar-refractivity contribution >= 4 is 38.9 Å². The summed E-state index contributed by atoms with van der Waals surface area (Å²) in [6, 6.07) is 4.94. The Labute approximate surface area is 131 Å². The zero-order valence-electron chi connectivity index (χ0n) is 10.5. The van der Waals surface area contributed by atoms with Crippen LogP contribution in [0.5, 0.6) is 0 Å². The number of nitrogens with one attached hydrogen (secondary N) is 1. The van der Waals surface area contributed by atoms with E-state index in [1.165, 1.54) is 17.4 Å². The standard InChI is InChI=1S/C13H10BrF3N2OS/c14-8-4-9(21-6-8)5-19-12(20)7-1-2-11(18)10(3-7)13(15,16)17/h1-4,6H,5,18H2,(H,19,20). The molecule has 2 aromatic rings. The molecule has 8 heteroatoms. The summed E-state index contributed by atoms with van der Waals surface area (Å²) in [5, 5.41) is 4.42. The largest absolute Gasteiger partial charge is 0.418 e. The molecular formula is C13H10BrF3N2OS. The lowest BCUT2D eigenvalue weighted by molar-refractivity contribution is -0.136. The molecule has 112 valence electrons. The first kappa shape index (κ1) is 15.8. The molecule has 0 saturated heterocycles. The molecule has 3 N–H and O–H groups in total. The maximum Gasteiger partial charge on any atom is 0.418 e. The van der Waals surface area contributed by atoms with Crippen LogP contribution in [0.2, 0.25) is 0 Å². The number of hydrogen-bond donors (Lipinski definition) is 2. The summed E-state index contributed by atoms with van der Waals surface area (Å²) in [4.78, 5) is 12.8. The third kappa shape index (κ3) is 3.98. The molecule has 1 aromatic carbocycles. The number of carbonyl (C=O) groups excluding carboxylic acids is 1. The summed E-state index contributed by atoms with van der Waals surface area (Å²) in [7, 11) is 0. The Morgan fingerprint density at radius 2 is 2.05 bits per heavy atom. The van der Waals surface area contributed by atoms with Crippen molar-refractivity contribution in [2.45, 2.75) is 12.7 Å². The summed E-state index contributed by atoms with van der Waals surface area (Å²) >= 11 is 4.72. The molecule has 0 spiro atoms. The molecule has 1 heterocycles. The summed E-state index contributed by atoms with van der Waals surface area (Å²) in [6.45, 7) is 0.251. The minimum atomic E-state index is -4.58. The van der Waals surface area contributed by atoms with E-state index in [9.17, 15) is 18.0 Å². The number of amides is 1. The lowest BCUT2D eigenvalue weighted by Gasteiger charge is -2.11. The number of benzene rings is 1. The Bertz CT molecular complexity index is 670. The van der Waals surface area contributed by atoms with Crippen molar-refractivity contribution in [3.05, 3.63) is 50.1 Å². The fraction of sp³-hybridized carbons (Fsp3) is 0.154. The zero-order chi connectivity index (χ0) is 15.6. The van der Waals surface area contributed by atoms with Gasteiger partial charge in [-0.3, -0.25) is 4.79 Å². The van der Waals surface area contributed by atoms with Gasteiger partial charge in [0.05, 0.1) is 12.1 Å². The van der Waals surface area contributed by atoms with E-state index in [2.05, 4.69) is 21.2 Å². The molecule has 1 aromatic heterocycles. The highest BCUT2D eigenvalue weighted by atomic mass is 79.9. The fourth-order valence-electron chi connectivity index (χ4n) is 1.66. The van der Waals surface area contributed by atoms with Crippen molar-refractivity contribution in [3.63, 3.8) is 0 Å². The number of halogens is 4. The van der Waals surface area contributed by atoms with Crippen molar-refractivity contribution in [3.8, 4) is 0 Å². The molecule has 0 radical (unpaired) electrons. The first-order chi connectivity index (χ1) is 9.77. The van der Waals surface area contributed by atoms with Gasteiger partial charge in [-0.2, -0.15) is 13.2 Å². The van der Waals surface area contributed by atoms with Crippen LogP contribution in [0.15, 0.2) is 34.1 Å². The molecule has 0 atom stereocenters. The van der Waals surface area contributed by atoms with Crippen molar-refractivity contribution in [2.24, 2.45) is 0 Å². The molecule has 2 rings (SSSR count). The van der Waals surface area contributed by atoms with Crippen LogP contribution in [0.25, 0.3) is 0 Å². The van der Waals surface area contributed by atoms with E-state index < -0.39 is 23.3 Å².